The number of nitrogens with zero attached hydrogens (tertiary/aromatic N) is 1. The maximum Gasteiger partial charge on any atom is 0.204 e. The Labute approximate surface area is 73.6 Å². The Morgan fingerprint density at radius 3 is 2.33 bits per heavy atom. The maximum absolute atomic E-state index is 8.58. The first-order chi connectivity index (χ1) is 5.85. The van der Waals surface area contributed by atoms with E-state index in [-0.39, 0.29) is 6.41 Å². The average molecular weight is 174 g/mol. The van der Waals surface area contributed by atoms with E-state index in [2.05, 4.69) is 10.8 Å². The lowest BCUT2D eigenvalue weighted by Gasteiger charge is -2.24. The molecule has 72 valence electrons. The predicted molar refractivity (Wildman–Crippen MR) is 47.3 cm³/mol. The van der Waals surface area contributed by atoms with E-state index in [0.717, 1.165) is 19.7 Å². The Hall–Kier alpha value is -0.610. The van der Waals surface area contributed by atoms with Crippen LogP contribution in [0.2, 0.25) is 0 Å². The number of hydrogen-bond donors (Lipinski definition) is 1. The molecule has 1 saturated heterocycles. The lowest BCUT2D eigenvalue weighted by Crippen LogP contribution is -2.29. The number of rotatable bonds is 2. The first-order valence-electron chi connectivity index (χ1n) is 4.38. The summed E-state index contributed by atoms with van der Waals surface area (Å²) in [7, 11) is 0. The molecule has 1 rings (SSSR count). The molecule has 0 aromatic heterocycles. The minimum atomic E-state index is 0.250. The van der Waals surface area contributed by atoms with Crippen molar-refractivity contribution in [3.63, 3.8) is 0 Å². The van der Waals surface area contributed by atoms with Gasteiger partial charge in [-0.2, -0.15) is 5.06 Å². The van der Waals surface area contributed by atoms with E-state index in [4.69, 9.17) is 9.63 Å². The standard InChI is InChI=1S/C7H15NO.CH3NO/c1-2-9-8-6-4-3-5-7-8;2-1-3/h2-7H2,1H3;1H,(H2,2,3). The van der Waals surface area contributed by atoms with Crippen molar-refractivity contribution in [2.45, 2.75) is 26.2 Å². The molecule has 4 heteroatoms. The van der Waals surface area contributed by atoms with Gasteiger partial charge in [-0.3, -0.25) is 9.63 Å². The van der Waals surface area contributed by atoms with Crippen molar-refractivity contribution in [3.8, 4) is 0 Å². The van der Waals surface area contributed by atoms with Gasteiger partial charge in [0.25, 0.3) is 0 Å². The molecule has 1 aliphatic heterocycles. The summed E-state index contributed by atoms with van der Waals surface area (Å²) in [6.45, 7) is 5.12. The summed E-state index contributed by atoms with van der Waals surface area (Å²) in [5, 5.41) is 2.07. The van der Waals surface area contributed by atoms with Crippen LogP contribution in [0.5, 0.6) is 0 Å². The molecule has 2 N–H and O–H groups in total. The van der Waals surface area contributed by atoms with Crippen LogP contribution in [0.25, 0.3) is 0 Å². The van der Waals surface area contributed by atoms with E-state index in [9.17, 15) is 0 Å². The number of hydroxylamine groups is 2. The lowest BCUT2D eigenvalue weighted by molar-refractivity contribution is -0.163. The van der Waals surface area contributed by atoms with E-state index in [1.807, 2.05) is 6.92 Å². The molecule has 1 amide bonds. The summed E-state index contributed by atoms with van der Waals surface area (Å²) in [5.74, 6) is 0. The molecule has 1 heterocycles. The van der Waals surface area contributed by atoms with Gasteiger partial charge in [0.2, 0.25) is 6.41 Å². The summed E-state index contributed by atoms with van der Waals surface area (Å²) >= 11 is 0. The minimum absolute atomic E-state index is 0.250. The summed E-state index contributed by atoms with van der Waals surface area (Å²) < 4.78 is 0. The number of amides is 1. The zero-order valence-electron chi connectivity index (χ0n) is 7.66. The SMILES string of the molecule is CCON1CCCCC1.NC=O. The van der Waals surface area contributed by atoms with Crippen molar-refractivity contribution >= 4 is 6.41 Å². The average Bonchev–Trinajstić information content (AvgIpc) is 2.08. The second kappa shape index (κ2) is 8.49. The van der Waals surface area contributed by atoms with Gasteiger partial charge in [-0.05, 0) is 19.8 Å². The predicted octanol–water partition coefficient (Wildman–Crippen LogP) is 0.525. The monoisotopic (exact) mass is 174 g/mol. The fourth-order valence-corrected chi connectivity index (χ4v) is 1.18. The van der Waals surface area contributed by atoms with Crippen molar-refractivity contribution in [1.29, 1.82) is 0 Å². The van der Waals surface area contributed by atoms with Crippen LogP contribution in [0.4, 0.5) is 0 Å². The Morgan fingerprint density at radius 1 is 1.42 bits per heavy atom. The molecule has 12 heavy (non-hydrogen) atoms. The zero-order chi connectivity index (χ0) is 9.23. The first-order valence-corrected chi connectivity index (χ1v) is 4.38. The molecule has 0 aromatic rings. The van der Waals surface area contributed by atoms with Crippen molar-refractivity contribution in [2.24, 2.45) is 5.73 Å². The molecule has 0 unspecified atom stereocenters. The second-order valence-corrected chi connectivity index (χ2v) is 2.54. The summed E-state index contributed by atoms with van der Waals surface area (Å²) in [5.41, 5.74) is 4.17. The van der Waals surface area contributed by atoms with Gasteiger partial charge in [0.15, 0.2) is 0 Å². The van der Waals surface area contributed by atoms with Crippen molar-refractivity contribution in [2.75, 3.05) is 19.7 Å². The summed E-state index contributed by atoms with van der Waals surface area (Å²) in [6.07, 6.45) is 4.24. The highest BCUT2D eigenvalue weighted by molar-refractivity contribution is 5.42. The van der Waals surface area contributed by atoms with E-state index >= 15 is 0 Å². The minimum Gasteiger partial charge on any atom is -0.372 e. The van der Waals surface area contributed by atoms with Gasteiger partial charge >= 0.3 is 0 Å². The number of nitrogens with two attached hydrogens (primary N) is 1. The maximum atomic E-state index is 8.58. The van der Waals surface area contributed by atoms with Crippen molar-refractivity contribution < 1.29 is 9.63 Å². The largest absolute Gasteiger partial charge is 0.372 e. The number of carbonyl (C=O) groups excluding carboxylic acids is 1. The van der Waals surface area contributed by atoms with Crippen LogP contribution in [0.3, 0.4) is 0 Å². The van der Waals surface area contributed by atoms with Gasteiger partial charge in [0.1, 0.15) is 0 Å². The van der Waals surface area contributed by atoms with Gasteiger partial charge < -0.3 is 5.73 Å². The second-order valence-electron chi connectivity index (χ2n) is 2.54. The molecular weight excluding hydrogens is 156 g/mol. The number of piperidine rings is 1. The Balaban J connectivity index is 0.000000354. The van der Waals surface area contributed by atoms with E-state index < -0.39 is 0 Å². The van der Waals surface area contributed by atoms with Gasteiger partial charge in [0, 0.05) is 13.1 Å². The van der Waals surface area contributed by atoms with E-state index in [1.165, 1.54) is 19.3 Å². The van der Waals surface area contributed by atoms with Gasteiger partial charge in [0.05, 0.1) is 6.61 Å². The molecule has 4 nitrogen and oxygen atoms in total. The zero-order valence-corrected chi connectivity index (χ0v) is 7.66. The molecule has 0 bridgehead atoms. The van der Waals surface area contributed by atoms with Crippen LogP contribution in [0.15, 0.2) is 0 Å². The molecule has 1 aliphatic rings. The molecule has 0 spiro atoms. The first kappa shape index (κ1) is 11.4. The van der Waals surface area contributed by atoms with Crippen LogP contribution >= 0.6 is 0 Å². The highest BCUT2D eigenvalue weighted by atomic mass is 16.7. The highest BCUT2D eigenvalue weighted by Crippen LogP contribution is 2.07. The summed E-state index contributed by atoms with van der Waals surface area (Å²) in [6, 6.07) is 0. The van der Waals surface area contributed by atoms with Crippen LogP contribution in [0.1, 0.15) is 26.2 Å². The van der Waals surface area contributed by atoms with E-state index in [0.29, 0.717) is 0 Å². The Morgan fingerprint density at radius 2 is 1.92 bits per heavy atom. The van der Waals surface area contributed by atoms with Crippen molar-refractivity contribution in [1.82, 2.24) is 5.06 Å². The van der Waals surface area contributed by atoms with Crippen LogP contribution in [-0.4, -0.2) is 31.2 Å². The fraction of sp³-hybridized carbons (Fsp3) is 0.875. The number of primary amides is 1. The van der Waals surface area contributed by atoms with Crippen LogP contribution < -0.4 is 5.73 Å². The molecule has 1 fully saturated rings. The van der Waals surface area contributed by atoms with Crippen LogP contribution in [-0.2, 0) is 9.63 Å². The Bertz CT molecular complexity index is 100. The summed E-state index contributed by atoms with van der Waals surface area (Å²) in [4.78, 5) is 13.9. The van der Waals surface area contributed by atoms with Crippen LogP contribution in [0, 0.1) is 0 Å². The molecule has 0 aliphatic carbocycles. The number of carbonyl (C=O) groups is 1. The topological polar surface area (TPSA) is 55.6 Å². The van der Waals surface area contributed by atoms with Gasteiger partial charge in [-0.1, -0.05) is 6.42 Å². The Kier molecular flexibility index (Phi) is 8.05. The highest BCUT2D eigenvalue weighted by Gasteiger charge is 2.08. The number of hydrogen-bond acceptors (Lipinski definition) is 3. The third-order valence-electron chi connectivity index (χ3n) is 1.63. The normalized spacial score (nSPS) is 17.8. The lowest BCUT2D eigenvalue weighted by atomic mass is 10.2. The third kappa shape index (κ3) is 6.12. The smallest absolute Gasteiger partial charge is 0.204 e. The fourth-order valence-electron chi connectivity index (χ4n) is 1.18. The van der Waals surface area contributed by atoms with Crippen molar-refractivity contribution in [3.05, 3.63) is 0 Å². The van der Waals surface area contributed by atoms with Gasteiger partial charge in [-0.15, -0.1) is 0 Å². The molecule has 0 aromatic carbocycles. The third-order valence-corrected chi connectivity index (χ3v) is 1.63. The molecule has 0 atom stereocenters. The molecule has 0 saturated carbocycles. The molecule has 0 radical (unpaired) electrons. The quantitative estimate of drug-likeness (QED) is 0.621. The molecular formula is C8H18N2O2. The van der Waals surface area contributed by atoms with E-state index in [1.54, 1.807) is 0 Å². The van der Waals surface area contributed by atoms with Gasteiger partial charge in [-0.25, -0.2) is 0 Å².